The molecule has 2 nitrogen and oxygen atoms in total. The van der Waals surface area contributed by atoms with Crippen molar-refractivity contribution in [3.8, 4) is 5.75 Å². The molecule has 0 amide bonds. The van der Waals surface area contributed by atoms with Gasteiger partial charge in [0.05, 0.1) is 5.92 Å². The van der Waals surface area contributed by atoms with E-state index in [1.807, 2.05) is 24.3 Å². The molecule has 2 aromatic rings. The fourth-order valence-electron chi connectivity index (χ4n) is 2.47. The van der Waals surface area contributed by atoms with Crippen LogP contribution in [0.4, 0.5) is 4.39 Å². The maximum Gasteiger partial charge on any atom is 0.174 e. The summed E-state index contributed by atoms with van der Waals surface area (Å²) in [6, 6.07) is 11.8. The summed E-state index contributed by atoms with van der Waals surface area (Å²) in [5.41, 5.74) is 2.14. The third-order valence-corrected chi connectivity index (χ3v) is 3.47. The lowest BCUT2D eigenvalue weighted by Crippen LogP contribution is -2.15. The van der Waals surface area contributed by atoms with Gasteiger partial charge in [0.15, 0.2) is 5.78 Å². The number of Topliss-reactive ketones (excluding diaryl/α,β-unsaturated/α-hetero) is 1. The fraction of sp³-hybridized carbons (Fsp3) is 0.188. The zero-order valence-electron chi connectivity index (χ0n) is 10.5. The Hall–Kier alpha value is -2.16. The summed E-state index contributed by atoms with van der Waals surface area (Å²) >= 11 is 0. The molecule has 0 aromatic heterocycles. The second kappa shape index (κ2) is 4.50. The van der Waals surface area contributed by atoms with Crippen molar-refractivity contribution < 1.29 is 13.9 Å². The maximum absolute atomic E-state index is 13.1. The van der Waals surface area contributed by atoms with Crippen LogP contribution in [0.25, 0.3) is 0 Å². The molecule has 1 aliphatic rings. The minimum atomic E-state index is -0.322. The zero-order chi connectivity index (χ0) is 13.4. The van der Waals surface area contributed by atoms with E-state index >= 15 is 0 Å². The number of halogens is 1. The highest BCUT2D eigenvalue weighted by atomic mass is 19.1. The number of hydrogen-bond donors (Lipinski definition) is 0. The lowest BCUT2D eigenvalue weighted by atomic mass is 9.90. The van der Waals surface area contributed by atoms with Crippen LogP contribution in [0, 0.1) is 12.7 Å². The first kappa shape index (κ1) is 11.9. The van der Waals surface area contributed by atoms with Crippen molar-refractivity contribution in [2.24, 2.45) is 0 Å². The van der Waals surface area contributed by atoms with Gasteiger partial charge in [0.2, 0.25) is 0 Å². The number of ketones is 1. The van der Waals surface area contributed by atoms with Crippen LogP contribution in [0.3, 0.4) is 0 Å². The number of ether oxygens (including phenoxy) is 1. The van der Waals surface area contributed by atoms with Crippen LogP contribution in [0.1, 0.15) is 27.4 Å². The number of para-hydroxylation sites is 1. The van der Waals surface area contributed by atoms with E-state index in [1.54, 1.807) is 13.0 Å². The predicted molar refractivity (Wildman–Crippen MR) is 70.1 cm³/mol. The van der Waals surface area contributed by atoms with E-state index in [-0.39, 0.29) is 17.5 Å². The third-order valence-electron chi connectivity index (χ3n) is 3.47. The molecule has 0 radical (unpaired) electrons. The molecule has 1 aliphatic heterocycles. The molecule has 3 rings (SSSR count). The van der Waals surface area contributed by atoms with Gasteiger partial charge >= 0.3 is 0 Å². The van der Waals surface area contributed by atoms with Gasteiger partial charge in [-0.15, -0.1) is 0 Å². The van der Waals surface area contributed by atoms with Gasteiger partial charge in [-0.25, -0.2) is 4.39 Å². The molecule has 19 heavy (non-hydrogen) atoms. The van der Waals surface area contributed by atoms with Crippen molar-refractivity contribution in [3.63, 3.8) is 0 Å². The summed E-state index contributed by atoms with van der Waals surface area (Å²) < 4.78 is 18.6. The van der Waals surface area contributed by atoms with Crippen LogP contribution in [0.5, 0.6) is 5.75 Å². The molecule has 0 aliphatic carbocycles. The highest BCUT2D eigenvalue weighted by molar-refractivity contribution is 6.03. The lowest BCUT2D eigenvalue weighted by Gasteiger charge is -2.10. The Kier molecular flexibility index (Phi) is 2.82. The maximum atomic E-state index is 13.1. The Balaban J connectivity index is 1.98. The summed E-state index contributed by atoms with van der Waals surface area (Å²) in [5.74, 6) is 0.139. The number of fused-ring (bicyclic) bond motifs is 1. The van der Waals surface area contributed by atoms with Gasteiger partial charge in [-0.3, -0.25) is 4.79 Å². The second-order valence-electron chi connectivity index (χ2n) is 4.72. The van der Waals surface area contributed by atoms with E-state index in [1.165, 1.54) is 12.1 Å². The summed E-state index contributed by atoms with van der Waals surface area (Å²) in [6.45, 7) is 2.10. The lowest BCUT2D eigenvalue weighted by molar-refractivity contribution is 0.0947. The Labute approximate surface area is 110 Å². The molecule has 0 saturated heterocycles. The summed E-state index contributed by atoms with van der Waals surface area (Å²) in [4.78, 5) is 12.5. The number of carbonyl (C=O) groups is 1. The molecule has 0 N–H and O–H groups in total. The van der Waals surface area contributed by atoms with Gasteiger partial charge in [-0.1, -0.05) is 18.2 Å². The highest BCUT2D eigenvalue weighted by Gasteiger charge is 2.31. The van der Waals surface area contributed by atoms with Crippen molar-refractivity contribution in [2.75, 3.05) is 6.61 Å². The number of benzene rings is 2. The zero-order valence-corrected chi connectivity index (χ0v) is 10.5. The molecule has 96 valence electrons. The average Bonchev–Trinajstić information content (AvgIpc) is 2.82. The highest BCUT2D eigenvalue weighted by Crippen LogP contribution is 2.35. The summed E-state index contributed by atoms with van der Waals surface area (Å²) in [6.07, 6.45) is 0. The number of hydrogen-bond acceptors (Lipinski definition) is 2. The molecule has 0 spiro atoms. The summed E-state index contributed by atoms with van der Waals surface area (Å²) in [7, 11) is 0. The normalized spacial score (nSPS) is 16.8. The van der Waals surface area contributed by atoms with Crippen LogP contribution in [-0.2, 0) is 0 Å². The molecule has 2 aromatic carbocycles. The van der Waals surface area contributed by atoms with Gasteiger partial charge in [-0.2, -0.15) is 0 Å². The van der Waals surface area contributed by atoms with Crippen LogP contribution in [0.15, 0.2) is 42.5 Å². The van der Waals surface area contributed by atoms with E-state index in [0.717, 1.165) is 11.3 Å². The smallest absolute Gasteiger partial charge is 0.174 e. The van der Waals surface area contributed by atoms with Gasteiger partial charge < -0.3 is 4.74 Å². The van der Waals surface area contributed by atoms with E-state index in [0.29, 0.717) is 17.7 Å². The molecular weight excluding hydrogens is 243 g/mol. The monoisotopic (exact) mass is 256 g/mol. The van der Waals surface area contributed by atoms with E-state index < -0.39 is 0 Å². The van der Waals surface area contributed by atoms with E-state index in [2.05, 4.69) is 0 Å². The van der Waals surface area contributed by atoms with Gasteiger partial charge in [0.25, 0.3) is 0 Å². The van der Waals surface area contributed by atoms with Crippen molar-refractivity contribution >= 4 is 5.78 Å². The molecule has 3 heteroatoms. The first-order valence-corrected chi connectivity index (χ1v) is 6.19. The first-order valence-electron chi connectivity index (χ1n) is 6.19. The van der Waals surface area contributed by atoms with Gasteiger partial charge in [0.1, 0.15) is 18.2 Å². The van der Waals surface area contributed by atoms with E-state index in [4.69, 9.17) is 4.74 Å². The van der Waals surface area contributed by atoms with Crippen molar-refractivity contribution in [2.45, 2.75) is 12.8 Å². The Morgan fingerprint density at radius 2 is 2.05 bits per heavy atom. The minimum absolute atomic E-state index is 0.0116. The van der Waals surface area contributed by atoms with Gasteiger partial charge in [0, 0.05) is 11.1 Å². The Morgan fingerprint density at radius 1 is 1.26 bits per heavy atom. The van der Waals surface area contributed by atoms with Crippen LogP contribution in [0.2, 0.25) is 0 Å². The molecule has 1 atom stereocenters. The molecular formula is C16H13FO2. The molecule has 1 unspecified atom stereocenters. The quantitative estimate of drug-likeness (QED) is 0.769. The number of carbonyl (C=O) groups excluding carboxylic acids is 1. The van der Waals surface area contributed by atoms with E-state index in [9.17, 15) is 9.18 Å². The van der Waals surface area contributed by atoms with Crippen LogP contribution in [-0.4, -0.2) is 12.4 Å². The Bertz CT molecular complexity index is 649. The minimum Gasteiger partial charge on any atom is -0.492 e. The Morgan fingerprint density at radius 3 is 2.84 bits per heavy atom. The van der Waals surface area contributed by atoms with Crippen molar-refractivity contribution in [3.05, 3.63) is 65.0 Å². The second-order valence-corrected chi connectivity index (χ2v) is 4.72. The van der Waals surface area contributed by atoms with Gasteiger partial charge in [-0.05, 0) is 36.8 Å². The van der Waals surface area contributed by atoms with Crippen molar-refractivity contribution in [1.29, 1.82) is 0 Å². The predicted octanol–water partition coefficient (Wildman–Crippen LogP) is 3.49. The standard InChI is InChI=1S/C16H13FO2/c1-10-8-11(17)6-7-12(10)16(18)14-9-19-15-5-3-2-4-13(14)15/h2-8,14H,9H2,1H3. The largest absolute Gasteiger partial charge is 0.492 e. The molecule has 0 fully saturated rings. The van der Waals surface area contributed by atoms with Crippen LogP contribution < -0.4 is 4.74 Å². The number of aryl methyl sites for hydroxylation is 1. The third kappa shape index (κ3) is 2.01. The number of rotatable bonds is 2. The van der Waals surface area contributed by atoms with Crippen LogP contribution >= 0.6 is 0 Å². The molecule has 0 saturated carbocycles. The topological polar surface area (TPSA) is 26.3 Å². The average molecular weight is 256 g/mol. The molecule has 1 heterocycles. The first-order chi connectivity index (χ1) is 9.16. The fourth-order valence-corrected chi connectivity index (χ4v) is 2.47. The SMILES string of the molecule is Cc1cc(F)ccc1C(=O)C1COc2ccccc21. The summed E-state index contributed by atoms with van der Waals surface area (Å²) in [5, 5.41) is 0. The molecule has 0 bridgehead atoms. The van der Waals surface area contributed by atoms with Crippen molar-refractivity contribution in [1.82, 2.24) is 0 Å².